The van der Waals surface area contributed by atoms with Crippen molar-refractivity contribution >= 4 is 5.97 Å². The number of pyridine rings is 1. The number of fused-ring (bicyclic) bond motifs is 3. The summed E-state index contributed by atoms with van der Waals surface area (Å²) >= 11 is 0. The van der Waals surface area contributed by atoms with E-state index in [4.69, 9.17) is 14.6 Å². The van der Waals surface area contributed by atoms with Crippen molar-refractivity contribution in [1.29, 1.82) is 0 Å². The standard InChI is InChI=1S/C16H16N2O5/c1-17-7-9-4-14(22-2)15(23-3)5-10(9)12-6-13(19)11(16(20)21)8-18(12)17/h4-6,8H,7H2,1-3H3,(H,20,21). The van der Waals surface area contributed by atoms with Crippen LogP contribution in [0.25, 0.3) is 11.3 Å². The van der Waals surface area contributed by atoms with Crippen LogP contribution >= 0.6 is 0 Å². The molecule has 3 rings (SSSR count). The number of nitrogens with zero attached hydrogens (tertiary/aromatic N) is 2. The van der Waals surface area contributed by atoms with E-state index < -0.39 is 11.4 Å². The fourth-order valence-electron chi connectivity index (χ4n) is 2.78. The van der Waals surface area contributed by atoms with E-state index in [1.54, 1.807) is 25.0 Å². The minimum Gasteiger partial charge on any atom is -0.493 e. The molecule has 7 heteroatoms. The topological polar surface area (TPSA) is 81.0 Å². The van der Waals surface area contributed by atoms with Gasteiger partial charge < -0.3 is 19.6 Å². The molecule has 0 aliphatic carbocycles. The lowest BCUT2D eigenvalue weighted by Gasteiger charge is -2.32. The zero-order chi connectivity index (χ0) is 16.7. The molecule has 0 saturated carbocycles. The Bertz CT molecular complexity index is 856. The second-order valence-corrected chi connectivity index (χ2v) is 5.27. The number of benzene rings is 1. The van der Waals surface area contributed by atoms with Gasteiger partial charge in [-0.2, -0.15) is 0 Å². The molecule has 0 amide bonds. The van der Waals surface area contributed by atoms with Crippen molar-refractivity contribution in [2.45, 2.75) is 6.54 Å². The normalized spacial score (nSPS) is 12.4. The Morgan fingerprint density at radius 1 is 1.17 bits per heavy atom. The second-order valence-electron chi connectivity index (χ2n) is 5.27. The van der Waals surface area contributed by atoms with Crippen LogP contribution in [0.15, 0.2) is 29.2 Å². The first-order valence-corrected chi connectivity index (χ1v) is 6.93. The minimum atomic E-state index is -1.24. The molecule has 23 heavy (non-hydrogen) atoms. The SMILES string of the molecule is COc1cc2c(cc1OC)-c1cc(=O)c(C(=O)O)cn1N(C)C2. The third-order valence-electron chi connectivity index (χ3n) is 3.91. The predicted molar refractivity (Wildman–Crippen MR) is 84.0 cm³/mol. The van der Waals surface area contributed by atoms with Gasteiger partial charge in [0.05, 0.1) is 26.5 Å². The number of rotatable bonds is 3. The highest BCUT2D eigenvalue weighted by Crippen LogP contribution is 2.37. The van der Waals surface area contributed by atoms with Crippen LogP contribution in [0.4, 0.5) is 0 Å². The van der Waals surface area contributed by atoms with E-state index in [0.717, 1.165) is 11.1 Å². The monoisotopic (exact) mass is 316 g/mol. The van der Waals surface area contributed by atoms with Crippen LogP contribution in [0.2, 0.25) is 0 Å². The predicted octanol–water partition coefficient (Wildman–Crippen LogP) is 1.31. The third-order valence-corrected chi connectivity index (χ3v) is 3.91. The van der Waals surface area contributed by atoms with Gasteiger partial charge in [0.2, 0.25) is 0 Å². The number of carboxylic acid groups (broad SMARTS) is 1. The zero-order valence-electron chi connectivity index (χ0n) is 13.0. The summed E-state index contributed by atoms with van der Waals surface area (Å²) in [5, 5.41) is 11.0. The number of carboxylic acids is 1. The summed E-state index contributed by atoms with van der Waals surface area (Å²) in [6, 6.07) is 5.00. The Hall–Kier alpha value is -2.96. The highest BCUT2D eigenvalue weighted by Gasteiger charge is 2.24. The van der Waals surface area contributed by atoms with Gasteiger partial charge in [0.25, 0.3) is 0 Å². The van der Waals surface area contributed by atoms with Gasteiger partial charge in [-0.3, -0.25) is 9.47 Å². The summed E-state index contributed by atoms with van der Waals surface area (Å²) in [5.74, 6) is -0.0773. The number of hydrogen-bond donors (Lipinski definition) is 1. The fourth-order valence-corrected chi connectivity index (χ4v) is 2.78. The van der Waals surface area contributed by atoms with Crippen LogP contribution in [-0.4, -0.2) is 37.0 Å². The molecular weight excluding hydrogens is 300 g/mol. The van der Waals surface area contributed by atoms with Crippen molar-refractivity contribution < 1.29 is 19.4 Å². The smallest absolute Gasteiger partial charge is 0.341 e. The molecule has 1 aromatic heterocycles. The highest BCUT2D eigenvalue weighted by molar-refractivity contribution is 5.88. The number of carbonyl (C=O) groups is 1. The number of hydrogen-bond acceptors (Lipinski definition) is 5. The molecule has 1 aliphatic rings. The summed E-state index contributed by atoms with van der Waals surface area (Å²) in [6.07, 6.45) is 1.35. The Balaban J connectivity index is 2.28. The van der Waals surface area contributed by atoms with Crippen LogP contribution in [0.3, 0.4) is 0 Å². The molecule has 0 unspecified atom stereocenters. The van der Waals surface area contributed by atoms with E-state index >= 15 is 0 Å². The molecule has 7 nitrogen and oxygen atoms in total. The molecule has 120 valence electrons. The van der Waals surface area contributed by atoms with Gasteiger partial charge in [-0.1, -0.05) is 0 Å². The first-order valence-electron chi connectivity index (χ1n) is 6.93. The van der Waals surface area contributed by atoms with Crippen molar-refractivity contribution in [2.24, 2.45) is 0 Å². The maximum Gasteiger partial charge on any atom is 0.341 e. The van der Waals surface area contributed by atoms with Crippen molar-refractivity contribution in [2.75, 3.05) is 26.3 Å². The third kappa shape index (κ3) is 2.30. The van der Waals surface area contributed by atoms with E-state index in [1.165, 1.54) is 12.3 Å². The molecule has 0 radical (unpaired) electrons. The van der Waals surface area contributed by atoms with Crippen LogP contribution in [0, 0.1) is 0 Å². The molecule has 1 N–H and O–H groups in total. The van der Waals surface area contributed by atoms with Crippen molar-refractivity contribution in [3.05, 3.63) is 45.7 Å². The maximum absolute atomic E-state index is 12.1. The first-order chi connectivity index (χ1) is 11.0. The van der Waals surface area contributed by atoms with Crippen molar-refractivity contribution in [3.8, 4) is 22.8 Å². The van der Waals surface area contributed by atoms with Crippen LogP contribution < -0.4 is 19.9 Å². The summed E-state index contributed by atoms with van der Waals surface area (Å²) in [4.78, 5) is 23.2. The van der Waals surface area contributed by atoms with Gasteiger partial charge in [-0.15, -0.1) is 0 Å². The summed E-state index contributed by atoms with van der Waals surface area (Å²) in [5.41, 5.74) is 1.61. The molecule has 0 spiro atoms. The molecule has 1 aliphatic heterocycles. The first kappa shape index (κ1) is 15.0. The van der Waals surface area contributed by atoms with Gasteiger partial charge in [0.1, 0.15) is 5.56 Å². The average molecular weight is 316 g/mol. The van der Waals surface area contributed by atoms with Crippen LogP contribution in [0.1, 0.15) is 15.9 Å². The Kier molecular flexibility index (Phi) is 3.48. The molecule has 2 heterocycles. The summed E-state index contributed by atoms with van der Waals surface area (Å²) in [6.45, 7) is 0.546. The summed E-state index contributed by atoms with van der Waals surface area (Å²) in [7, 11) is 4.92. The van der Waals surface area contributed by atoms with E-state index in [0.29, 0.717) is 23.7 Å². The molecule has 0 saturated heterocycles. The Labute approximate surface area is 132 Å². The average Bonchev–Trinajstić information content (AvgIpc) is 2.53. The number of aromatic carboxylic acids is 1. The van der Waals surface area contributed by atoms with Gasteiger partial charge in [0, 0.05) is 24.9 Å². The van der Waals surface area contributed by atoms with E-state index in [9.17, 15) is 9.59 Å². The lowest BCUT2D eigenvalue weighted by molar-refractivity contribution is 0.0694. The zero-order valence-corrected chi connectivity index (χ0v) is 13.0. The highest BCUT2D eigenvalue weighted by atomic mass is 16.5. The number of ether oxygens (including phenoxy) is 2. The molecule has 0 bridgehead atoms. The Morgan fingerprint density at radius 2 is 1.83 bits per heavy atom. The number of aromatic nitrogens is 1. The quantitative estimate of drug-likeness (QED) is 0.919. The second kappa shape index (κ2) is 5.35. The lowest BCUT2D eigenvalue weighted by atomic mass is 10.00. The van der Waals surface area contributed by atoms with Crippen molar-refractivity contribution in [1.82, 2.24) is 4.68 Å². The molecule has 2 aromatic rings. The van der Waals surface area contributed by atoms with Gasteiger partial charge in [0.15, 0.2) is 16.9 Å². The van der Waals surface area contributed by atoms with Crippen molar-refractivity contribution in [3.63, 3.8) is 0 Å². The van der Waals surface area contributed by atoms with Crippen LogP contribution in [-0.2, 0) is 6.54 Å². The van der Waals surface area contributed by atoms with Gasteiger partial charge in [-0.25, -0.2) is 4.79 Å². The summed E-state index contributed by atoms with van der Waals surface area (Å²) < 4.78 is 12.3. The van der Waals surface area contributed by atoms with Gasteiger partial charge >= 0.3 is 5.97 Å². The van der Waals surface area contributed by atoms with E-state index in [2.05, 4.69) is 0 Å². The lowest BCUT2D eigenvalue weighted by Crippen LogP contribution is -2.36. The largest absolute Gasteiger partial charge is 0.493 e. The minimum absolute atomic E-state index is 0.260. The molecular formula is C16H16N2O5. The Morgan fingerprint density at radius 3 is 2.43 bits per heavy atom. The molecule has 0 atom stereocenters. The molecule has 1 aromatic carbocycles. The van der Waals surface area contributed by atoms with Gasteiger partial charge in [-0.05, 0) is 17.7 Å². The van der Waals surface area contributed by atoms with Crippen LogP contribution in [0.5, 0.6) is 11.5 Å². The number of methoxy groups -OCH3 is 2. The van der Waals surface area contributed by atoms with E-state index in [-0.39, 0.29) is 5.56 Å². The van der Waals surface area contributed by atoms with E-state index in [1.807, 2.05) is 18.1 Å². The molecule has 0 fully saturated rings. The maximum atomic E-state index is 12.1. The fraction of sp³-hybridized carbons (Fsp3) is 0.250.